The Labute approximate surface area is 83.5 Å². The molecule has 0 rings (SSSR count). The van der Waals surface area contributed by atoms with Crippen LogP contribution in [0, 0.1) is 0 Å². The van der Waals surface area contributed by atoms with Crippen LogP contribution in [-0.2, 0) is 4.57 Å². The molecule has 0 heterocycles. The zero-order valence-corrected chi connectivity index (χ0v) is 12.3. The summed E-state index contributed by atoms with van der Waals surface area (Å²) in [6, 6.07) is 0. The van der Waals surface area contributed by atoms with E-state index in [-0.39, 0.29) is 57.2 Å². The molecule has 0 saturated carbocycles. The predicted molar refractivity (Wildman–Crippen MR) is 25.3 cm³/mol. The van der Waals surface area contributed by atoms with Gasteiger partial charge in [0.2, 0.25) is 0 Å². The Kier molecular flexibility index (Phi) is 14.0. The molecule has 0 unspecified atom stereocenters. The third-order valence-electron chi connectivity index (χ3n) is 0. The molecule has 0 radical (unpaired) electrons. The minimum absolute atomic E-state index is 0. The summed E-state index contributed by atoms with van der Waals surface area (Å²) in [4.78, 5) is 21.6. The van der Waals surface area contributed by atoms with E-state index in [9.17, 15) is 0 Å². The minimum atomic E-state index is -4.64. The van der Waals surface area contributed by atoms with Gasteiger partial charge in [-0.1, -0.05) is 0 Å². The van der Waals surface area contributed by atoms with Crippen molar-refractivity contribution in [1.29, 1.82) is 0 Å². The van der Waals surface area contributed by atoms with Crippen LogP contribution in [0.2, 0.25) is 0 Å². The smallest absolute Gasteiger partial charge is 1.00 e. The third-order valence-corrected chi connectivity index (χ3v) is 0. The summed E-state index contributed by atoms with van der Waals surface area (Å²) in [7, 11) is -4.64. The summed E-state index contributed by atoms with van der Waals surface area (Å²) in [6.45, 7) is 0. The fraction of sp³-hybridized carbons (Fsp3) is 0. The molecule has 42 valence electrons. The Hall–Kier alpha value is 1.99. The molecule has 0 atom stereocenters. The maximum atomic E-state index is 8.88. The van der Waals surface area contributed by atoms with Crippen molar-refractivity contribution in [3.63, 3.8) is 0 Å². The van der Waals surface area contributed by atoms with Gasteiger partial charge in [0.15, 0.2) is 0 Å². The molecule has 0 aliphatic carbocycles. The molecular weight excluding hydrogens is 327 g/mol. The molecule has 0 spiro atoms. The van der Waals surface area contributed by atoms with Crippen LogP contribution >= 0.6 is 7.82 Å². The average molecular weight is 334 g/mol. The fourth-order valence-electron chi connectivity index (χ4n) is 0. The molecule has 0 aromatic heterocycles. The predicted octanol–water partition coefficient (Wildman–Crippen LogP) is -5.00. The Morgan fingerprint density at radius 3 is 1.29 bits per heavy atom. The number of phosphoric acid groups is 1. The van der Waals surface area contributed by atoms with Gasteiger partial charge in [0.05, 0.1) is 0 Å². The standard InChI is InChI=1S/Bi.Na.H3O4P.4H/c;;1-5(2,3)4;;;;/h;;(H3,1,2,3,4);;;;/q;+1;;;;;-1. The van der Waals surface area contributed by atoms with E-state index in [0.717, 1.165) is 0 Å². The molecule has 3 N–H and O–H groups in total. The van der Waals surface area contributed by atoms with Gasteiger partial charge in [0.25, 0.3) is 0 Å². The van der Waals surface area contributed by atoms with Gasteiger partial charge in [0.1, 0.15) is 0 Å². The fourth-order valence-corrected chi connectivity index (χ4v) is 0. The van der Waals surface area contributed by atoms with Crippen molar-refractivity contribution in [1.82, 2.24) is 0 Å². The normalized spacial score (nSPS) is 8.43. The van der Waals surface area contributed by atoms with Gasteiger partial charge in [-0.25, -0.2) is 4.57 Å². The topological polar surface area (TPSA) is 77.8 Å². The molecule has 0 bridgehead atoms. The summed E-state index contributed by atoms with van der Waals surface area (Å²) >= 11 is 0. The molecule has 0 aromatic rings. The van der Waals surface area contributed by atoms with Crippen LogP contribution < -0.4 is 29.6 Å². The summed E-state index contributed by atoms with van der Waals surface area (Å²) in [5.41, 5.74) is 0. The first-order chi connectivity index (χ1) is 2.00. The van der Waals surface area contributed by atoms with E-state index in [2.05, 4.69) is 0 Å². The molecule has 7 heteroatoms. The van der Waals surface area contributed by atoms with E-state index >= 15 is 0 Å². The quantitative estimate of drug-likeness (QED) is 0.306. The maximum absolute atomic E-state index is 8.88. The Bertz CT molecular complexity index is 62.2. The van der Waals surface area contributed by atoms with E-state index in [1.807, 2.05) is 0 Å². The summed E-state index contributed by atoms with van der Waals surface area (Å²) in [5.74, 6) is 0. The van der Waals surface area contributed by atoms with Crippen molar-refractivity contribution in [3.8, 4) is 0 Å². The second-order valence-electron chi connectivity index (χ2n) is 0.513. The van der Waals surface area contributed by atoms with E-state index in [1.54, 1.807) is 0 Å². The van der Waals surface area contributed by atoms with Crippen LogP contribution in [-0.4, -0.2) is 40.9 Å². The van der Waals surface area contributed by atoms with Gasteiger partial charge < -0.3 is 16.1 Å². The molecule has 4 nitrogen and oxygen atoms in total. The number of hydrogen-bond donors (Lipinski definition) is 3. The van der Waals surface area contributed by atoms with E-state index in [0.29, 0.717) is 0 Å². The summed E-state index contributed by atoms with van der Waals surface area (Å²) < 4.78 is 8.88. The second-order valence-corrected chi connectivity index (χ2v) is 1.54. The van der Waals surface area contributed by atoms with Crippen LogP contribution in [0.3, 0.4) is 0 Å². The van der Waals surface area contributed by atoms with Crippen molar-refractivity contribution in [2.75, 3.05) is 0 Å². The average Bonchev–Trinajstić information content (AvgIpc) is 0.722. The SMILES string of the molecule is O=P(O)(O)O.[BiH3].[H-].[Na+]. The van der Waals surface area contributed by atoms with E-state index in [4.69, 9.17) is 19.2 Å². The molecule has 0 aliphatic rings. The van der Waals surface area contributed by atoms with Crippen molar-refractivity contribution in [3.05, 3.63) is 0 Å². The Morgan fingerprint density at radius 1 is 1.29 bits per heavy atom. The monoisotopic (exact) mass is 334 g/mol. The maximum Gasteiger partial charge on any atom is 1.00 e. The largest absolute Gasteiger partial charge is 1.00 e. The Balaban J connectivity index is -0.0000000267. The van der Waals surface area contributed by atoms with Gasteiger partial charge in [-0.15, -0.1) is 0 Å². The van der Waals surface area contributed by atoms with E-state index < -0.39 is 7.82 Å². The zero-order chi connectivity index (χ0) is 4.50. The van der Waals surface area contributed by atoms with Gasteiger partial charge in [0, 0.05) is 0 Å². The second kappa shape index (κ2) is 6.12. The molecule has 0 aliphatic heterocycles. The first-order valence-corrected chi connectivity index (χ1v) is 2.35. The van der Waals surface area contributed by atoms with Gasteiger partial charge in [-0.05, 0) is 0 Å². The molecule has 7 heavy (non-hydrogen) atoms. The Morgan fingerprint density at radius 2 is 1.29 bits per heavy atom. The first kappa shape index (κ1) is 16.0. The van der Waals surface area contributed by atoms with Crippen LogP contribution in [0.15, 0.2) is 0 Å². The molecule has 0 saturated heterocycles. The first-order valence-electron chi connectivity index (χ1n) is 0.783. The molecular formula is H7BiNaO4P. The molecule has 0 aromatic carbocycles. The van der Waals surface area contributed by atoms with Gasteiger partial charge in [-0.2, -0.15) is 0 Å². The summed E-state index contributed by atoms with van der Waals surface area (Å²) in [5, 5.41) is 0. The number of hydrogen-bond acceptors (Lipinski definition) is 1. The van der Waals surface area contributed by atoms with Crippen LogP contribution in [0.1, 0.15) is 1.43 Å². The zero-order valence-electron chi connectivity index (χ0n) is 4.90. The van der Waals surface area contributed by atoms with Crippen LogP contribution in [0.25, 0.3) is 0 Å². The number of rotatable bonds is 0. The van der Waals surface area contributed by atoms with Crippen LogP contribution in [0.4, 0.5) is 0 Å². The van der Waals surface area contributed by atoms with Gasteiger partial charge in [-0.3, -0.25) is 0 Å². The van der Waals surface area contributed by atoms with E-state index in [1.165, 1.54) is 0 Å². The van der Waals surface area contributed by atoms with Gasteiger partial charge >= 0.3 is 63.6 Å². The van der Waals surface area contributed by atoms with Crippen molar-refractivity contribution in [2.45, 2.75) is 0 Å². The third kappa shape index (κ3) is 72.3. The van der Waals surface area contributed by atoms with Crippen molar-refractivity contribution < 1.29 is 50.2 Å². The molecule has 0 fully saturated rings. The minimum Gasteiger partial charge on any atom is -1.00 e. The van der Waals surface area contributed by atoms with Crippen molar-refractivity contribution in [2.24, 2.45) is 0 Å². The van der Waals surface area contributed by atoms with Crippen LogP contribution in [0.5, 0.6) is 0 Å². The molecule has 0 amide bonds. The van der Waals surface area contributed by atoms with Crippen molar-refractivity contribution >= 4 is 34.0 Å². The summed E-state index contributed by atoms with van der Waals surface area (Å²) in [6.07, 6.45) is 0.